The first-order chi connectivity index (χ1) is 18.0. The molecule has 2 aromatic rings. The Kier molecular flexibility index (Phi) is 10.1. The van der Waals surface area contributed by atoms with Crippen LogP contribution in [0, 0.1) is 0 Å². The Morgan fingerprint density at radius 3 is 2.37 bits per heavy atom. The van der Waals surface area contributed by atoms with Crippen molar-refractivity contribution >= 4 is 50.7 Å². The Bertz CT molecular complexity index is 1270. The second kappa shape index (κ2) is 12.9. The highest BCUT2D eigenvalue weighted by Crippen LogP contribution is 2.36. The zero-order valence-electron chi connectivity index (χ0n) is 21.9. The van der Waals surface area contributed by atoms with Crippen LogP contribution >= 0.6 is 23.2 Å². The summed E-state index contributed by atoms with van der Waals surface area (Å²) >= 11 is 12.5. The molecule has 38 heavy (non-hydrogen) atoms. The lowest BCUT2D eigenvalue weighted by Gasteiger charge is -2.33. The van der Waals surface area contributed by atoms with E-state index < -0.39 is 28.5 Å². The summed E-state index contributed by atoms with van der Waals surface area (Å²) < 4.78 is 38.0. The lowest BCUT2D eigenvalue weighted by atomic mass is 10.1. The molecule has 0 radical (unpaired) electrons. The van der Waals surface area contributed by atoms with Gasteiger partial charge in [0.15, 0.2) is 11.5 Å². The number of benzene rings is 2. The SMILES string of the molecule is CC[C@H](C)NC(=O)[C@H](CC)N(Cc1ccc(Cl)cc1Cl)C(=O)CN(c1ccc2c(c1)OCO2)S(=O)(=O)CC. The number of hydrogen-bond acceptors (Lipinski definition) is 6. The first kappa shape index (κ1) is 29.9. The summed E-state index contributed by atoms with van der Waals surface area (Å²) in [5, 5.41) is 3.70. The van der Waals surface area contributed by atoms with Gasteiger partial charge in [0.1, 0.15) is 12.6 Å². The lowest BCUT2D eigenvalue weighted by molar-refractivity contribution is -0.140. The van der Waals surface area contributed by atoms with Crippen molar-refractivity contribution in [1.29, 1.82) is 0 Å². The Balaban J connectivity index is 2.00. The maximum Gasteiger partial charge on any atom is 0.244 e. The number of halogens is 2. The highest BCUT2D eigenvalue weighted by Gasteiger charge is 2.33. The molecule has 0 unspecified atom stereocenters. The zero-order chi connectivity index (χ0) is 28.0. The number of fused-ring (bicyclic) bond motifs is 1. The largest absolute Gasteiger partial charge is 0.454 e. The minimum atomic E-state index is -3.88. The van der Waals surface area contributed by atoms with E-state index >= 15 is 0 Å². The third-order valence-electron chi connectivity index (χ3n) is 6.37. The van der Waals surface area contributed by atoms with E-state index in [-0.39, 0.29) is 36.7 Å². The van der Waals surface area contributed by atoms with Gasteiger partial charge in [-0.3, -0.25) is 13.9 Å². The highest BCUT2D eigenvalue weighted by molar-refractivity contribution is 7.92. The van der Waals surface area contributed by atoms with Crippen molar-refractivity contribution in [1.82, 2.24) is 10.2 Å². The number of nitrogens with zero attached hydrogens (tertiary/aromatic N) is 2. The van der Waals surface area contributed by atoms with Crippen LogP contribution < -0.4 is 19.1 Å². The molecular weight excluding hydrogens is 553 g/mol. The fourth-order valence-electron chi connectivity index (χ4n) is 3.95. The first-order valence-electron chi connectivity index (χ1n) is 12.4. The molecule has 9 nitrogen and oxygen atoms in total. The van der Waals surface area contributed by atoms with Gasteiger partial charge in [-0.25, -0.2) is 8.42 Å². The molecule has 208 valence electrons. The molecule has 2 amide bonds. The molecule has 1 aliphatic rings. The van der Waals surface area contributed by atoms with Crippen LogP contribution in [0.25, 0.3) is 0 Å². The van der Waals surface area contributed by atoms with Gasteiger partial charge in [-0.15, -0.1) is 0 Å². The fourth-order valence-corrected chi connectivity index (χ4v) is 5.48. The van der Waals surface area contributed by atoms with Crippen LogP contribution in [0.15, 0.2) is 36.4 Å². The second-order valence-corrected chi connectivity index (χ2v) is 12.0. The van der Waals surface area contributed by atoms with Gasteiger partial charge < -0.3 is 19.7 Å². The van der Waals surface area contributed by atoms with Gasteiger partial charge in [0, 0.05) is 28.7 Å². The number of carbonyl (C=O) groups excluding carboxylic acids is 2. The predicted octanol–water partition coefficient (Wildman–Crippen LogP) is 4.60. The molecule has 0 saturated heterocycles. The monoisotopic (exact) mass is 585 g/mol. The molecule has 12 heteroatoms. The Morgan fingerprint density at radius 2 is 1.74 bits per heavy atom. The van der Waals surface area contributed by atoms with Crippen molar-refractivity contribution in [3.05, 3.63) is 52.0 Å². The quantitative estimate of drug-likeness (QED) is 0.390. The Morgan fingerprint density at radius 1 is 1.03 bits per heavy atom. The van der Waals surface area contributed by atoms with Crippen molar-refractivity contribution in [2.45, 2.75) is 59.2 Å². The molecule has 1 N–H and O–H groups in total. The average Bonchev–Trinajstić information content (AvgIpc) is 3.36. The first-order valence-corrected chi connectivity index (χ1v) is 14.8. The van der Waals surface area contributed by atoms with Gasteiger partial charge in [0.25, 0.3) is 0 Å². The van der Waals surface area contributed by atoms with Crippen LogP contribution in [0.3, 0.4) is 0 Å². The van der Waals surface area contributed by atoms with Crippen LogP contribution in [0.5, 0.6) is 11.5 Å². The van der Waals surface area contributed by atoms with Crippen LogP contribution in [-0.4, -0.2) is 56.3 Å². The standard InChI is InChI=1S/C26H33Cl2N3O6S/c1-5-17(4)29-26(33)22(6-2)30(14-18-8-9-19(27)12-21(18)28)25(32)15-31(38(34,35)7-3)20-10-11-23-24(13-20)37-16-36-23/h8-13,17,22H,5-7,14-16H2,1-4H3,(H,29,33)/t17-,22-/m0/s1. The van der Waals surface area contributed by atoms with Gasteiger partial charge in [-0.05, 0) is 56.5 Å². The van der Waals surface area contributed by atoms with E-state index in [1.807, 2.05) is 13.8 Å². The van der Waals surface area contributed by atoms with Gasteiger partial charge in [0.2, 0.25) is 28.6 Å². The van der Waals surface area contributed by atoms with Crippen LogP contribution in [0.4, 0.5) is 5.69 Å². The summed E-state index contributed by atoms with van der Waals surface area (Å²) in [5.41, 5.74) is 0.832. The zero-order valence-corrected chi connectivity index (χ0v) is 24.2. The summed E-state index contributed by atoms with van der Waals surface area (Å²) in [4.78, 5) is 28.5. The summed E-state index contributed by atoms with van der Waals surface area (Å²) in [6.07, 6.45) is 1.02. The molecule has 1 heterocycles. The van der Waals surface area contributed by atoms with E-state index in [2.05, 4.69) is 5.32 Å². The summed E-state index contributed by atoms with van der Waals surface area (Å²) in [7, 11) is -3.88. The van der Waals surface area contributed by atoms with Crippen LogP contribution in [0.1, 0.15) is 46.1 Å². The third-order valence-corrected chi connectivity index (χ3v) is 8.69. The average molecular weight is 587 g/mol. The maximum absolute atomic E-state index is 13.9. The van der Waals surface area contributed by atoms with Crippen LogP contribution in [0.2, 0.25) is 10.0 Å². The molecular formula is C26H33Cl2N3O6S. The molecule has 0 saturated carbocycles. The molecule has 0 bridgehead atoms. The molecule has 0 fully saturated rings. The number of anilines is 1. The number of nitrogens with one attached hydrogen (secondary N) is 1. The summed E-state index contributed by atoms with van der Waals surface area (Å²) in [6, 6.07) is 8.61. The molecule has 2 atom stereocenters. The summed E-state index contributed by atoms with van der Waals surface area (Å²) in [6.45, 7) is 6.61. The third kappa shape index (κ3) is 7.03. The number of sulfonamides is 1. The van der Waals surface area contributed by atoms with Gasteiger partial charge >= 0.3 is 0 Å². The van der Waals surface area contributed by atoms with E-state index in [9.17, 15) is 18.0 Å². The number of ether oxygens (including phenoxy) is 2. The maximum atomic E-state index is 13.9. The van der Waals surface area contributed by atoms with Gasteiger partial charge in [-0.1, -0.05) is 43.1 Å². The number of rotatable bonds is 12. The topological polar surface area (TPSA) is 105 Å². The lowest BCUT2D eigenvalue weighted by Crippen LogP contribution is -2.53. The molecule has 1 aliphatic heterocycles. The van der Waals surface area contributed by atoms with Crippen molar-refractivity contribution in [2.24, 2.45) is 0 Å². The number of carbonyl (C=O) groups is 2. The van der Waals surface area contributed by atoms with Crippen molar-refractivity contribution in [3.8, 4) is 11.5 Å². The minimum Gasteiger partial charge on any atom is -0.454 e. The smallest absolute Gasteiger partial charge is 0.244 e. The minimum absolute atomic E-state index is 0.0115. The van der Waals surface area contributed by atoms with Crippen LogP contribution in [-0.2, 0) is 26.2 Å². The molecule has 0 aliphatic carbocycles. The molecule has 0 spiro atoms. The van der Waals surface area contributed by atoms with E-state index in [0.717, 1.165) is 4.31 Å². The van der Waals surface area contributed by atoms with Crippen molar-refractivity contribution in [3.63, 3.8) is 0 Å². The van der Waals surface area contributed by atoms with Crippen molar-refractivity contribution in [2.75, 3.05) is 23.4 Å². The fraction of sp³-hybridized carbons (Fsp3) is 0.462. The molecule has 2 aromatic carbocycles. The summed E-state index contributed by atoms with van der Waals surface area (Å²) in [5.74, 6) is -0.245. The highest BCUT2D eigenvalue weighted by atomic mass is 35.5. The van der Waals surface area contributed by atoms with E-state index in [1.54, 1.807) is 37.3 Å². The normalized spacial score (nSPS) is 14.1. The number of amides is 2. The number of hydrogen-bond donors (Lipinski definition) is 1. The Hall–Kier alpha value is -2.69. The van der Waals surface area contributed by atoms with Gasteiger partial charge in [-0.2, -0.15) is 0 Å². The second-order valence-electron chi connectivity index (χ2n) is 8.94. The van der Waals surface area contributed by atoms with Crippen molar-refractivity contribution < 1.29 is 27.5 Å². The van der Waals surface area contributed by atoms with E-state index in [1.165, 1.54) is 17.9 Å². The van der Waals surface area contributed by atoms with Gasteiger partial charge in [0.05, 0.1) is 11.4 Å². The van der Waals surface area contributed by atoms with E-state index in [4.69, 9.17) is 32.7 Å². The van der Waals surface area contributed by atoms with E-state index in [0.29, 0.717) is 39.9 Å². The predicted molar refractivity (Wildman–Crippen MR) is 148 cm³/mol. The molecule has 0 aromatic heterocycles. The molecule has 3 rings (SSSR count). The Labute approximate surface area is 234 Å².